The van der Waals surface area contributed by atoms with Crippen molar-refractivity contribution < 1.29 is 28.0 Å². The van der Waals surface area contributed by atoms with Crippen molar-refractivity contribution in [2.24, 2.45) is 0 Å². The monoisotopic (exact) mass is 574 g/mol. The molecule has 218 valence electrons. The van der Waals surface area contributed by atoms with Gasteiger partial charge >= 0.3 is 0 Å². The molecule has 4 saturated heterocycles. The number of rotatable bonds is 5. The van der Waals surface area contributed by atoms with Gasteiger partial charge in [0.25, 0.3) is 5.91 Å². The predicted octanol–water partition coefficient (Wildman–Crippen LogP) is 3.54. The molecule has 2 bridgehead atoms. The van der Waals surface area contributed by atoms with Gasteiger partial charge in [0.1, 0.15) is 17.7 Å². The van der Waals surface area contributed by atoms with E-state index in [1.54, 1.807) is 12.1 Å². The topological polar surface area (TPSA) is 90.0 Å². The van der Waals surface area contributed by atoms with Gasteiger partial charge in [-0.1, -0.05) is 18.2 Å². The van der Waals surface area contributed by atoms with E-state index in [1.807, 2.05) is 11.0 Å². The van der Waals surface area contributed by atoms with E-state index >= 15 is 4.39 Å². The van der Waals surface area contributed by atoms with Crippen molar-refractivity contribution in [1.29, 1.82) is 0 Å². The van der Waals surface area contributed by atoms with Gasteiger partial charge in [-0.05, 0) is 79.0 Å². The van der Waals surface area contributed by atoms with Crippen LogP contribution >= 0.6 is 0 Å². The molecule has 4 amide bonds. The molecule has 0 radical (unpaired) electrons. The smallest absolute Gasteiger partial charge is 0.258 e. The van der Waals surface area contributed by atoms with Gasteiger partial charge in [-0.3, -0.25) is 29.4 Å². The Labute approximate surface area is 242 Å². The summed E-state index contributed by atoms with van der Waals surface area (Å²) in [6, 6.07) is 9.20. The number of allylic oxidation sites excluding steroid dienone is 1. The number of fused-ring (bicyclic) bond motifs is 3. The summed E-state index contributed by atoms with van der Waals surface area (Å²) in [6.07, 6.45) is 4.86. The highest BCUT2D eigenvalue weighted by Crippen LogP contribution is 2.39. The number of halogens is 2. The van der Waals surface area contributed by atoms with Gasteiger partial charge < -0.3 is 9.80 Å². The van der Waals surface area contributed by atoms with Crippen LogP contribution in [0.4, 0.5) is 8.78 Å². The number of hydrogen-bond donors (Lipinski definition) is 1. The fraction of sp³-hybridized carbons (Fsp3) is 0.438. The second kappa shape index (κ2) is 10.4. The fourth-order valence-electron chi connectivity index (χ4n) is 7.44. The molecule has 42 heavy (non-hydrogen) atoms. The molecule has 0 saturated carbocycles. The third-order valence-corrected chi connectivity index (χ3v) is 9.55. The fourth-order valence-corrected chi connectivity index (χ4v) is 7.44. The molecular weight excluding hydrogens is 542 g/mol. The maximum atomic E-state index is 15.2. The SMILES string of the molecule is O=C1CCC(N2Cc3cc(CN4C5CC4CN(C(=O)C4=C(c6ccc(F)cc6)CCCC4)C5)cc(F)c3C2=O)C(=O)N1. The van der Waals surface area contributed by atoms with Crippen LogP contribution in [0.5, 0.6) is 0 Å². The van der Waals surface area contributed by atoms with Gasteiger partial charge in [-0.2, -0.15) is 0 Å². The molecule has 10 heteroatoms. The lowest BCUT2D eigenvalue weighted by Crippen LogP contribution is -2.69. The van der Waals surface area contributed by atoms with Crippen molar-refractivity contribution in [3.63, 3.8) is 0 Å². The van der Waals surface area contributed by atoms with E-state index in [-0.39, 0.29) is 54.7 Å². The van der Waals surface area contributed by atoms with Crippen LogP contribution in [0.1, 0.15) is 72.0 Å². The molecule has 5 aliphatic heterocycles. The van der Waals surface area contributed by atoms with Crippen molar-refractivity contribution in [1.82, 2.24) is 20.0 Å². The first-order valence-corrected chi connectivity index (χ1v) is 14.8. The van der Waals surface area contributed by atoms with Crippen molar-refractivity contribution in [2.75, 3.05) is 13.1 Å². The average molecular weight is 575 g/mol. The maximum absolute atomic E-state index is 15.2. The Kier molecular flexibility index (Phi) is 6.68. The average Bonchev–Trinajstić information content (AvgIpc) is 3.32. The third-order valence-electron chi connectivity index (χ3n) is 9.55. The Morgan fingerprint density at radius 2 is 1.69 bits per heavy atom. The molecule has 8 nitrogen and oxygen atoms in total. The normalized spacial score (nSPS) is 25.9. The Morgan fingerprint density at radius 3 is 2.43 bits per heavy atom. The minimum atomic E-state index is -0.786. The molecule has 5 heterocycles. The molecule has 2 aromatic rings. The summed E-state index contributed by atoms with van der Waals surface area (Å²) in [4.78, 5) is 56.2. The first-order chi connectivity index (χ1) is 20.3. The Bertz CT molecular complexity index is 1530. The number of carbonyl (C=O) groups excluding carboxylic acids is 4. The first kappa shape index (κ1) is 26.9. The predicted molar refractivity (Wildman–Crippen MR) is 149 cm³/mol. The van der Waals surface area contributed by atoms with Crippen LogP contribution < -0.4 is 5.32 Å². The number of nitrogens with one attached hydrogen (secondary N) is 1. The van der Waals surface area contributed by atoms with Crippen LogP contribution in [0.3, 0.4) is 0 Å². The lowest BCUT2D eigenvalue weighted by atomic mass is 9.83. The quantitative estimate of drug-likeness (QED) is 0.552. The summed E-state index contributed by atoms with van der Waals surface area (Å²) in [5, 5.41) is 2.27. The second-order valence-corrected chi connectivity index (χ2v) is 12.1. The van der Waals surface area contributed by atoms with Gasteiger partial charge in [-0.15, -0.1) is 0 Å². The van der Waals surface area contributed by atoms with Gasteiger partial charge in [0, 0.05) is 50.3 Å². The van der Waals surface area contributed by atoms with Crippen molar-refractivity contribution in [3.8, 4) is 0 Å². The summed E-state index contributed by atoms with van der Waals surface area (Å²) in [5.74, 6) is -2.22. The number of benzene rings is 2. The standard InChI is InChI=1S/C32H32F2N4O4/c33-21-7-5-19(6-8-21)24-3-1-2-4-25(24)31(41)36-16-22-13-23(17-36)37(22)14-18-11-20-15-38(32(42)29(20)26(34)12-18)27-9-10-28(39)35-30(27)40/h5-8,11-12,22-23,27H,1-4,9-10,13-17H2,(H,35,39,40). The molecule has 4 fully saturated rings. The van der Waals surface area contributed by atoms with Crippen LogP contribution in [0, 0.1) is 11.6 Å². The zero-order valence-electron chi connectivity index (χ0n) is 23.2. The zero-order chi connectivity index (χ0) is 29.1. The molecule has 0 spiro atoms. The molecule has 1 aliphatic carbocycles. The van der Waals surface area contributed by atoms with Crippen LogP contribution in [0.2, 0.25) is 0 Å². The van der Waals surface area contributed by atoms with E-state index in [4.69, 9.17) is 0 Å². The Morgan fingerprint density at radius 1 is 0.952 bits per heavy atom. The van der Waals surface area contributed by atoms with Crippen LogP contribution in [0.15, 0.2) is 42.0 Å². The van der Waals surface area contributed by atoms with Gasteiger partial charge in [0.05, 0.1) is 5.56 Å². The lowest BCUT2D eigenvalue weighted by molar-refractivity contribution is -0.141. The van der Waals surface area contributed by atoms with E-state index < -0.39 is 23.7 Å². The molecule has 8 rings (SSSR count). The van der Waals surface area contributed by atoms with Crippen molar-refractivity contribution in [3.05, 3.63) is 75.9 Å². The number of piperazine rings is 1. The van der Waals surface area contributed by atoms with E-state index in [0.717, 1.165) is 54.4 Å². The minimum Gasteiger partial charge on any atom is -0.336 e. The summed E-state index contributed by atoms with van der Waals surface area (Å²) in [7, 11) is 0. The highest BCUT2D eigenvalue weighted by molar-refractivity contribution is 6.05. The van der Waals surface area contributed by atoms with E-state index in [9.17, 15) is 23.6 Å². The van der Waals surface area contributed by atoms with Gasteiger partial charge in [-0.25, -0.2) is 8.78 Å². The number of nitrogens with zero attached hydrogens (tertiary/aromatic N) is 3. The summed E-state index contributed by atoms with van der Waals surface area (Å²) in [5.41, 5.74) is 4.09. The van der Waals surface area contributed by atoms with E-state index in [2.05, 4.69) is 10.2 Å². The number of amides is 4. The second-order valence-electron chi connectivity index (χ2n) is 12.1. The van der Waals surface area contributed by atoms with Gasteiger partial charge in [0.15, 0.2) is 0 Å². The molecule has 6 aliphatic rings. The molecule has 1 N–H and O–H groups in total. The maximum Gasteiger partial charge on any atom is 0.258 e. The Balaban J connectivity index is 1.04. The van der Waals surface area contributed by atoms with Crippen molar-refractivity contribution in [2.45, 2.75) is 76.2 Å². The number of hydrogen-bond acceptors (Lipinski definition) is 5. The minimum absolute atomic E-state index is 0.00161. The summed E-state index contributed by atoms with van der Waals surface area (Å²) >= 11 is 0. The summed E-state index contributed by atoms with van der Waals surface area (Å²) < 4.78 is 28.7. The molecule has 3 atom stereocenters. The zero-order valence-corrected chi connectivity index (χ0v) is 23.2. The molecule has 0 aromatic heterocycles. The number of piperidine rings is 2. The largest absolute Gasteiger partial charge is 0.336 e. The molecule has 2 aromatic carbocycles. The third kappa shape index (κ3) is 4.62. The first-order valence-electron chi connectivity index (χ1n) is 14.8. The van der Waals surface area contributed by atoms with Crippen molar-refractivity contribution >= 4 is 29.2 Å². The highest BCUT2D eigenvalue weighted by atomic mass is 19.1. The van der Waals surface area contributed by atoms with E-state index in [0.29, 0.717) is 25.2 Å². The van der Waals surface area contributed by atoms with E-state index in [1.165, 1.54) is 23.1 Å². The van der Waals surface area contributed by atoms with Crippen LogP contribution in [-0.4, -0.2) is 69.5 Å². The number of carbonyl (C=O) groups is 4. The van der Waals surface area contributed by atoms with Gasteiger partial charge in [0.2, 0.25) is 17.7 Å². The Hall–Kier alpha value is -3.92. The molecular formula is C32H32F2N4O4. The highest BCUT2D eigenvalue weighted by Gasteiger charge is 2.47. The van der Waals surface area contributed by atoms with Crippen LogP contribution in [-0.2, 0) is 27.5 Å². The summed E-state index contributed by atoms with van der Waals surface area (Å²) in [6.45, 7) is 1.85. The number of imide groups is 1. The molecule has 3 unspecified atom stereocenters. The van der Waals surface area contributed by atoms with Crippen LogP contribution in [0.25, 0.3) is 5.57 Å². The lowest BCUT2D eigenvalue weighted by Gasteiger charge is -2.56.